The molecule has 2 aromatic rings. The van der Waals surface area contributed by atoms with Crippen molar-refractivity contribution >= 4 is 29.0 Å². The van der Waals surface area contributed by atoms with Crippen LogP contribution >= 0.6 is 11.6 Å². The SMILES string of the molecule is N#Cc1cccnc1N1CCC(C(=O)N2CCCCc3cc(Cl)ccc32)CC1. The number of hydrogen-bond donors (Lipinski definition) is 0. The van der Waals surface area contributed by atoms with Crippen molar-refractivity contribution in [3.05, 3.63) is 52.7 Å². The Labute approximate surface area is 170 Å². The van der Waals surface area contributed by atoms with Crippen LogP contribution in [-0.4, -0.2) is 30.5 Å². The van der Waals surface area contributed by atoms with Crippen molar-refractivity contribution < 1.29 is 4.79 Å². The average molecular weight is 395 g/mol. The average Bonchev–Trinajstić information content (AvgIpc) is 2.95. The van der Waals surface area contributed by atoms with Gasteiger partial charge in [0.15, 0.2) is 0 Å². The van der Waals surface area contributed by atoms with E-state index >= 15 is 0 Å². The number of anilines is 2. The second-order valence-electron chi connectivity index (χ2n) is 7.47. The lowest BCUT2D eigenvalue weighted by Crippen LogP contribution is -2.43. The van der Waals surface area contributed by atoms with Crippen molar-refractivity contribution in [2.45, 2.75) is 32.1 Å². The molecule has 0 atom stereocenters. The van der Waals surface area contributed by atoms with Crippen LogP contribution in [0.1, 0.15) is 36.8 Å². The molecule has 0 saturated carbocycles. The van der Waals surface area contributed by atoms with Crippen molar-refractivity contribution in [1.29, 1.82) is 5.26 Å². The summed E-state index contributed by atoms with van der Waals surface area (Å²) in [5, 5.41) is 10.0. The van der Waals surface area contributed by atoms with E-state index in [9.17, 15) is 10.1 Å². The Hall–Kier alpha value is -2.58. The van der Waals surface area contributed by atoms with Crippen molar-refractivity contribution in [2.75, 3.05) is 29.4 Å². The molecule has 1 aromatic heterocycles. The largest absolute Gasteiger partial charge is 0.355 e. The zero-order chi connectivity index (χ0) is 19.5. The Morgan fingerprint density at radius 1 is 1.18 bits per heavy atom. The molecule has 28 heavy (non-hydrogen) atoms. The number of nitrogens with zero attached hydrogens (tertiary/aromatic N) is 4. The van der Waals surface area contributed by atoms with Gasteiger partial charge in [-0.3, -0.25) is 4.79 Å². The Balaban J connectivity index is 1.48. The van der Waals surface area contributed by atoms with Gasteiger partial charge in [0.2, 0.25) is 5.91 Å². The van der Waals surface area contributed by atoms with Crippen LogP contribution in [0.3, 0.4) is 0 Å². The molecule has 0 bridgehead atoms. The number of pyridine rings is 1. The Kier molecular flexibility index (Phi) is 5.50. The third-order valence-corrected chi connectivity index (χ3v) is 5.96. The van der Waals surface area contributed by atoms with Gasteiger partial charge in [-0.1, -0.05) is 11.6 Å². The fraction of sp³-hybridized carbons (Fsp3) is 0.409. The quantitative estimate of drug-likeness (QED) is 0.766. The van der Waals surface area contributed by atoms with E-state index in [-0.39, 0.29) is 11.8 Å². The van der Waals surface area contributed by atoms with Gasteiger partial charge >= 0.3 is 0 Å². The molecule has 2 aliphatic heterocycles. The maximum absolute atomic E-state index is 13.3. The van der Waals surface area contributed by atoms with E-state index in [2.05, 4.69) is 16.0 Å². The van der Waals surface area contributed by atoms with Gasteiger partial charge in [0.05, 0.1) is 5.56 Å². The number of carbonyl (C=O) groups is 1. The summed E-state index contributed by atoms with van der Waals surface area (Å²) < 4.78 is 0. The highest BCUT2D eigenvalue weighted by Crippen LogP contribution is 2.32. The molecule has 1 fully saturated rings. The highest BCUT2D eigenvalue weighted by atomic mass is 35.5. The highest BCUT2D eigenvalue weighted by molar-refractivity contribution is 6.30. The number of rotatable bonds is 2. The molecular formula is C22H23ClN4O. The second-order valence-corrected chi connectivity index (χ2v) is 7.90. The van der Waals surface area contributed by atoms with E-state index in [1.165, 1.54) is 5.56 Å². The highest BCUT2D eigenvalue weighted by Gasteiger charge is 2.31. The molecule has 1 aromatic carbocycles. The number of halogens is 1. The summed E-state index contributed by atoms with van der Waals surface area (Å²) in [5.74, 6) is 0.949. The number of piperidine rings is 1. The van der Waals surface area contributed by atoms with E-state index in [1.54, 1.807) is 18.3 Å². The lowest BCUT2D eigenvalue weighted by Gasteiger charge is -2.35. The third kappa shape index (κ3) is 3.70. The standard InChI is InChI=1S/C22H23ClN4O/c23-19-6-7-20-17(14-19)4-1-2-11-27(20)22(28)16-8-12-26(13-9-16)21-18(15-24)5-3-10-25-21/h3,5-7,10,14,16H,1-2,4,8-9,11-13H2. The summed E-state index contributed by atoms with van der Waals surface area (Å²) in [6, 6.07) is 11.6. The Morgan fingerprint density at radius 2 is 2.00 bits per heavy atom. The van der Waals surface area contributed by atoms with Crippen molar-refractivity contribution in [1.82, 2.24) is 4.98 Å². The number of hydrogen-bond acceptors (Lipinski definition) is 4. The normalized spacial score (nSPS) is 17.6. The lowest BCUT2D eigenvalue weighted by molar-refractivity contribution is -0.123. The van der Waals surface area contributed by atoms with Gasteiger partial charge in [-0.2, -0.15) is 5.26 Å². The maximum Gasteiger partial charge on any atom is 0.230 e. The van der Waals surface area contributed by atoms with Crippen LogP contribution in [0.2, 0.25) is 5.02 Å². The Morgan fingerprint density at radius 3 is 2.79 bits per heavy atom. The number of fused-ring (bicyclic) bond motifs is 1. The predicted octanol–water partition coefficient (Wildman–Crippen LogP) is 4.19. The molecule has 0 unspecified atom stereocenters. The minimum Gasteiger partial charge on any atom is -0.355 e. The first-order valence-corrected chi connectivity index (χ1v) is 10.2. The number of amides is 1. The van der Waals surface area contributed by atoms with Gasteiger partial charge < -0.3 is 9.80 Å². The van der Waals surface area contributed by atoms with Gasteiger partial charge in [0.25, 0.3) is 0 Å². The number of aromatic nitrogens is 1. The molecule has 1 saturated heterocycles. The van der Waals surface area contributed by atoms with Crippen LogP contribution in [0.4, 0.5) is 11.5 Å². The molecule has 0 aliphatic carbocycles. The van der Waals surface area contributed by atoms with Gasteiger partial charge in [0, 0.05) is 42.5 Å². The van der Waals surface area contributed by atoms with Crippen LogP contribution in [0.5, 0.6) is 0 Å². The summed E-state index contributed by atoms with van der Waals surface area (Å²) >= 11 is 6.17. The number of aryl methyl sites for hydroxylation is 1. The first kappa shape index (κ1) is 18.8. The molecule has 0 spiro atoms. The summed E-state index contributed by atoms with van der Waals surface area (Å²) in [7, 11) is 0. The van der Waals surface area contributed by atoms with E-state index in [1.807, 2.05) is 23.1 Å². The number of nitriles is 1. The van der Waals surface area contributed by atoms with Gasteiger partial charge in [0.1, 0.15) is 11.9 Å². The molecule has 5 nitrogen and oxygen atoms in total. The van der Waals surface area contributed by atoms with Gasteiger partial charge in [-0.25, -0.2) is 4.98 Å². The minimum atomic E-state index is 0.00660. The maximum atomic E-state index is 13.3. The monoisotopic (exact) mass is 394 g/mol. The summed E-state index contributed by atoms with van der Waals surface area (Å²) in [6.45, 7) is 2.25. The first-order valence-electron chi connectivity index (χ1n) is 9.87. The van der Waals surface area contributed by atoms with Crippen LogP contribution in [0.25, 0.3) is 0 Å². The molecule has 2 aliphatic rings. The minimum absolute atomic E-state index is 0.00660. The summed E-state index contributed by atoms with van der Waals surface area (Å²) in [6.07, 6.45) is 6.32. The molecule has 6 heteroatoms. The van der Waals surface area contributed by atoms with Crippen LogP contribution in [-0.2, 0) is 11.2 Å². The molecule has 3 heterocycles. The molecule has 144 valence electrons. The summed E-state index contributed by atoms with van der Waals surface area (Å²) in [5.41, 5.74) is 2.78. The zero-order valence-electron chi connectivity index (χ0n) is 15.8. The van der Waals surface area contributed by atoms with E-state index in [4.69, 9.17) is 11.6 Å². The molecular weight excluding hydrogens is 372 g/mol. The van der Waals surface area contributed by atoms with Gasteiger partial charge in [-0.05, 0) is 68.0 Å². The molecule has 0 N–H and O–H groups in total. The smallest absolute Gasteiger partial charge is 0.230 e. The third-order valence-electron chi connectivity index (χ3n) is 5.73. The second kappa shape index (κ2) is 8.20. The zero-order valence-corrected chi connectivity index (χ0v) is 16.5. The topological polar surface area (TPSA) is 60.2 Å². The van der Waals surface area contributed by atoms with Crippen LogP contribution in [0, 0.1) is 17.2 Å². The fourth-order valence-electron chi connectivity index (χ4n) is 4.25. The Bertz CT molecular complexity index is 915. The van der Waals surface area contributed by atoms with E-state index in [0.29, 0.717) is 5.56 Å². The van der Waals surface area contributed by atoms with E-state index in [0.717, 1.165) is 68.3 Å². The molecule has 4 rings (SSSR count). The molecule has 0 radical (unpaired) electrons. The van der Waals surface area contributed by atoms with Crippen LogP contribution in [0.15, 0.2) is 36.5 Å². The van der Waals surface area contributed by atoms with Crippen molar-refractivity contribution in [3.63, 3.8) is 0 Å². The number of carbonyl (C=O) groups excluding carboxylic acids is 1. The number of benzene rings is 1. The van der Waals surface area contributed by atoms with Crippen molar-refractivity contribution in [3.8, 4) is 6.07 Å². The fourth-order valence-corrected chi connectivity index (χ4v) is 4.44. The summed E-state index contributed by atoms with van der Waals surface area (Å²) in [4.78, 5) is 21.8. The van der Waals surface area contributed by atoms with E-state index < -0.39 is 0 Å². The van der Waals surface area contributed by atoms with Gasteiger partial charge in [-0.15, -0.1) is 0 Å². The van der Waals surface area contributed by atoms with Crippen LogP contribution < -0.4 is 9.80 Å². The van der Waals surface area contributed by atoms with Crippen molar-refractivity contribution in [2.24, 2.45) is 5.92 Å². The first-order chi connectivity index (χ1) is 13.7. The predicted molar refractivity (Wildman–Crippen MR) is 111 cm³/mol. The lowest BCUT2D eigenvalue weighted by atomic mass is 9.94. The molecule has 1 amide bonds.